The van der Waals surface area contributed by atoms with Gasteiger partial charge in [-0.15, -0.1) is 6.58 Å². The molecule has 6 heteroatoms. The molecule has 2 unspecified atom stereocenters. The molecule has 0 aromatic rings. The van der Waals surface area contributed by atoms with E-state index in [4.69, 9.17) is 10.4 Å². The van der Waals surface area contributed by atoms with Crippen molar-refractivity contribution in [3.8, 4) is 6.07 Å². The standard InChI is InChI=1S/C11H17N3O3/c1-4-5-9(10(15)16)13-11(17)14(3)8(2)6-7-12/h4,8-9H,1,5-6H2,2-3H3,(H,13,17)(H,15,16). The highest BCUT2D eigenvalue weighted by atomic mass is 16.4. The fraction of sp³-hybridized carbons (Fsp3) is 0.545. The first-order valence-electron chi connectivity index (χ1n) is 5.18. The van der Waals surface area contributed by atoms with Crippen LogP contribution in [0.1, 0.15) is 19.8 Å². The van der Waals surface area contributed by atoms with E-state index in [1.165, 1.54) is 18.0 Å². The van der Waals surface area contributed by atoms with E-state index in [2.05, 4.69) is 11.9 Å². The predicted octanol–water partition coefficient (Wildman–Crippen LogP) is 0.959. The molecule has 0 fully saturated rings. The lowest BCUT2D eigenvalue weighted by atomic mass is 10.2. The van der Waals surface area contributed by atoms with Crippen LogP contribution in [-0.4, -0.2) is 41.1 Å². The van der Waals surface area contributed by atoms with Gasteiger partial charge in [-0.2, -0.15) is 5.26 Å². The minimum absolute atomic E-state index is 0.154. The Bertz CT molecular complexity index is 335. The van der Waals surface area contributed by atoms with Crippen LogP contribution in [-0.2, 0) is 4.79 Å². The highest BCUT2D eigenvalue weighted by Gasteiger charge is 2.22. The first-order valence-corrected chi connectivity index (χ1v) is 5.18. The maximum atomic E-state index is 11.7. The number of nitriles is 1. The third-order valence-electron chi connectivity index (χ3n) is 2.37. The Kier molecular flexibility index (Phi) is 6.41. The molecule has 0 heterocycles. The van der Waals surface area contributed by atoms with Crippen LogP contribution in [0.2, 0.25) is 0 Å². The van der Waals surface area contributed by atoms with Crippen molar-refractivity contribution in [2.24, 2.45) is 0 Å². The lowest BCUT2D eigenvalue weighted by Gasteiger charge is -2.25. The lowest BCUT2D eigenvalue weighted by molar-refractivity contribution is -0.139. The topological polar surface area (TPSA) is 93.4 Å². The summed E-state index contributed by atoms with van der Waals surface area (Å²) in [7, 11) is 1.52. The molecule has 0 rings (SSSR count). The summed E-state index contributed by atoms with van der Waals surface area (Å²) in [6, 6.07) is 0.184. The van der Waals surface area contributed by atoms with Crippen molar-refractivity contribution in [1.82, 2.24) is 10.2 Å². The molecule has 17 heavy (non-hydrogen) atoms. The van der Waals surface area contributed by atoms with E-state index in [1.807, 2.05) is 6.07 Å². The number of rotatable bonds is 6. The maximum Gasteiger partial charge on any atom is 0.326 e. The number of carbonyl (C=O) groups excluding carboxylic acids is 1. The zero-order valence-electron chi connectivity index (χ0n) is 10.0. The van der Waals surface area contributed by atoms with E-state index < -0.39 is 18.0 Å². The van der Waals surface area contributed by atoms with Crippen molar-refractivity contribution in [3.05, 3.63) is 12.7 Å². The molecule has 0 aliphatic heterocycles. The first kappa shape index (κ1) is 15.0. The molecule has 0 spiro atoms. The number of carboxylic acid groups (broad SMARTS) is 1. The SMILES string of the molecule is C=CCC(NC(=O)N(C)C(C)CC#N)C(=O)O. The number of carbonyl (C=O) groups is 2. The van der Waals surface area contributed by atoms with Gasteiger partial charge in [0.15, 0.2) is 0 Å². The van der Waals surface area contributed by atoms with Gasteiger partial charge in [-0.05, 0) is 13.3 Å². The van der Waals surface area contributed by atoms with Gasteiger partial charge in [-0.3, -0.25) is 0 Å². The minimum Gasteiger partial charge on any atom is -0.480 e. The van der Waals surface area contributed by atoms with Crippen LogP contribution >= 0.6 is 0 Å². The molecule has 0 aliphatic rings. The average Bonchev–Trinajstić information content (AvgIpc) is 2.27. The summed E-state index contributed by atoms with van der Waals surface area (Å²) < 4.78 is 0. The fourth-order valence-electron chi connectivity index (χ4n) is 1.11. The van der Waals surface area contributed by atoms with E-state index in [0.29, 0.717) is 0 Å². The van der Waals surface area contributed by atoms with Crippen molar-refractivity contribution < 1.29 is 14.7 Å². The van der Waals surface area contributed by atoms with E-state index in [-0.39, 0.29) is 18.9 Å². The normalized spacial score (nSPS) is 13.0. The summed E-state index contributed by atoms with van der Waals surface area (Å²) in [4.78, 5) is 23.8. The molecule has 2 N–H and O–H groups in total. The van der Waals surface area contributed by atoms with Gasteiger partial charge in [-0.25, -0.2) is 9.59 Å². The second kappa shape index (κ2) is 7.28. The molecular weight excluding hydrogens is 222 g/mol. The quantitative estimate of drug-likeness (QED) is 0.675. The average molecular weight is 239 g/mol. The van der Waals surface area contributed by atoms with Crippen LogP contribution in [0, 0.1) is 11.3 Å². The summed E-state index contributed by atoms with van der Waals surface area (Å²) in [5, 5.41) is 19.7. The molecule has 0 saturated carbocycles. The first-order chi connectivity index (χ1) is 7.93. The fourth-order valence-corrected chi connectivity index (χ4v) is 1.11. The number of aliphatic carboxylic acids is 1. The summed E-state index contributed by atoms with van der Waals surface area (Å²) in [5.74, 6) is -1.11. The van der Waals surface area contributed by atoms with Crippen LogP contribution < -0.4 is 5.32 Å². The molecule has 0 saturated heterocycles. The molecule has 2 amide bonds. The van der Waals surface area contributed by atoms with Gasteiger partial charge in [0.25, 0.3) is 0 Å². The van der Waals surface area contributed by atoms with Crippen molar-refractivity contribution in [1.29, 1.82) is 5.26 Å². The molecule has 0 aromatic carbocycles. The molecule has 0 aliphatic carbocycles. The maximum absolute atomic E-state index is 11.7. The minimum atomic E-state index is -1.11. The third-order valence-corrected chi connectivity index (χ3v) is 2.37. The van der Waals surface area contributed by atoms with Crippen LogP contribution in [0.3, 0.4) is 0 Å². The van der Waals surface area contributed by atoms with Crippen LogP contribution in [0.15, 0.2) is 12.7 Å². The third kappa shape index (κ3) is 5.02. The highest BCUT2D eigenvalue weighted by Crippen LogP contribution is 2.02. The Balaban J connectivity index is 4.45. The van der Waals surface area contributed by atoms with Crippen LogP contribution in [0.5, 0.6) is 0 Å². The summed E-state index contributed by atoms with van der Waals surface area (Å²) in [6.45, 7) is 5.14. The van der Waals surface area contributed by atoms with Crippen molar-refractivity contribution in [3.63, 3.8) is 0 Å². The second-order valence-corrected chi connectivity index (χ2v) is 3.69. The zero-order valence-corrected chi connectivity index (χ0v) is 10.0. The Morgan fingerprint density at radius 3 is 2.65 bits per heavy atom. The van der Waals surface area contributed by atoms with E-state index in [9.17, 15) is 9.59 Å². The van der Waals surface area contributed by atoms with Crippen LogP contribution in [0.25, 0.3) is 0 Å². The number of nitrogens with one attached hydrogen (secondary N) is 1. The number of hydrogen-bond acceptors (Lipinski definition) is 3. The van der Waals surface area contributed by atoms with Crippen LogP contribution in [0.4, 0.5) is 4.79 Å². The van der Waals surface area contributed by atoms with Gasteiger partial charge < -0.3 is 15.3 Å². The van der Waals surface area contributed by atoms with Gasteiger partial charge in [0.2, 0.25) is 0 Å². The second-order valence-electron chi connectivity index (χ2n) is 3.69. The smallest absolute Gasteiger partial charge is 0.326 e. The Labute approximate surface area is 101 Å². The number of urea groups is 1. The van der Waals surface area contributed by atoms with Gasteiger partial charge >= 0.3 is 12.0 Å². The number of carboxylic acids is 1. The summed E-state index contributed by atoms with van der Waals surface area (Å²) in [5.41, 5.74) is 0. The Hall–Kier alpha value is -2.03. The lowest BCUT2D eigenvalue weighted by Crippen LogP contribution is -2.48. The van der Waals surface area contributed by atoms with Gasteiger partial charge in [0, 0.05) is 13.1 Å². The number of amides is 2. The number of nitrogens with zero attached hydrogens (tertiary/aromatic N) is 2. The van der Waals surface area contributed by atoms with E-state index in [1.54, 1.807) is 6.92 Å². The summed E-state index contributed by atoms with van der Waals surface area (Å²) in [6.07, 6.45) is 1.78. The van der Waals surface area contributed by atoms with E-state index in [0.717, 1.165) is 0 Å². The van der Waals surface area contributed by atoms with Crippen molar-refractivity contribution >= 4 is 12.0 Å². The van der Waals surface area contributed by atoms with Gasteiger partial charge in [0.1, 0.15) is 6.04 Å². The molecular formula is C11H17N3O3. The van der Waals surface area contributed by atoms with Gasteiger partial charge in [0.05, 0.1) is 12.5 Å². The zero-order chi connectivity index (χ0) is 13.4. The molecule has 0 radical (unpaired) electrons. The molecule has 94 valence electrons. The van der Waals surface area contributed by atoms with Crippen molar-refractivity contribution in [2.45, 2.75) is 31.8 Å². The Morgan fingerprint density at radius 2 is 2.24 bits per heavy atom. The number of hydrogen-bond donors (Lipinski definition) is 2. The summed E-state index contributed by atoms with van der Waals surface area (Å²) >= 11 is 0. The monoisotopic (exact) mass is 239 g/mol. The molecule has 0 aromatic heterocycles. The van der Waals surface area contributed by atoms with E-state index >= 15 is 0 Å². The highest BCUT2D eigenvalue weighted by molar-refractivity contribution is 5.82. The Morgan fingerprint density at radius 1 is 1.65 bits per heavy atom. The largest absolute Gasteiger partial charge is 0.480 e. The molecule has 6 nitrogen and oxygen atoms in total. The predicted molar refractivity (Wildman–Crippen MR) is 62.2 cm³/mol. The molecule has 2 atom stereocenters. The van der Waals surface area contributed by atoms with Gasteiger partial charge in [-0.1, -0.05) is 6.08 Å². The molecule has 0 bridgehead atoms. The van der Waals surface area contributed by atoms with Crippen molar-refractivity contribution in [2.75, 3.05) is 7.05 Å².